The maximum atomic E-state index is 11.7. The van der Waals surface area contributed by atoms with E-state index in [0.29, 0.717) is 11.0 Å². The van der Waals surface area contributed by atoms with E-state index in [1.54, 1.807) is 12.1 Å². The molecule has 125 valence electrons. The van der Waals surface area contributed by atoms with E-state index in [9.17, 15) is 9.90 Å². The standard InChI is InChI=1S/C20H27O3/c1-5-6-7-8-9-10-20(3,4)15-12-17(21)16-11-14(2)19(22)23-18(16)13-15/h11-13,21H,2,5-10H2,1,3-4H3. The zero-order valence-electron chi connectivity index (χ0n) is 14.4. The van der Waals surface area contributed by atoms with Crippen molar-refractivity contribution >= 4 is 11.0 Å². The van der Waals surface area contributed by atoms with Crippen molar-refractivity contribution in [3.8, 4) is 5.75 Å². The molecule has 0 aliphatic heterocycles. The summed E-state index contributed by atoms with van der Waals surface area (Å²) in [4.78, 5) is 11.7. The Hall–Kier alpha value is -1.77. The molecule has 0 aliphatic rings. The normalized spacial score (nSPS) is 12.0. The second-order valence-corrected chi connectivity index (χ2v) is 7.01. The Bertz CT molecular complexity index is 725. The second-order valence-electron chi connectivity index (χ2n) is 7.01. The zero-order chi connectivity index (χ0) is 17.0. The number of hydrogen-bond acceptors (Lipinski definition) is 3. The lowest BCUT2D eigenvalue weighted by Crippen LogP contribution is -2.17. The van der Waals surface area contributed by atoms with Crippen LogP contribution in [-0.4, -0.2) is 5.11 Å². The third kappa shape index (κ3) is 4.15. The fourth-order valence-corrected chi connectivity index (χ4v) is 2.95. The summed E-state index contributed by atoms with van der Waals surface area (Å²) in [5.41, 5.74) is 1.16. The molecule has 0 aliphatic carbocycles. The minimum absolute atomic E-state index is 0.0699. The highest BCUT2D eigenvalue weighted by atomic mass is 16.4. The third-order valence-corrected chi connectivity index (χ3v) is 4.59. The Labute approximate surface area is 138 Å². The van der Waals surface area contributed by atoms with E-state index in [-0.39, 0.29) is 16.7 Å². The fraction of sp³-hybridized carbons (Fsp3) is 0.500. The number of rotatable bonds is 7. The molecule has 3 heteroatoms. The summed E-state index contributed by atoms with van der Waals surface area (Å²) in [6.07, 6.45) is 7.24. The Balaban J connectivity index is 2.24. The van der Waals surface area contributed by atoms with Gasteiger partial charge in [0.15, 0.2) is 0 Å². The molecule has 0 fully saturated rings. The molecule has 1 aromatic heterocycles. The predicted octanol–water partition coefficient (Wildman–Crippen LogP) is 5.32. The highest BCUT2D eigenvalue weighted by molar-refractivity contribution is 5.84. The molecule has 1 heterocycles. The van der Waals surface area contributed by atoms with Crippen LogP contribution in [0.2, 0.25) is 0 Å². The molecule has 1 radical (unpaired) electrons. The topological polar surface area (TPSA) is 50.4 Å². The van der Waals surface area contributed by atoms with Gasteiger partial charge in [0.25, 0.3) is 0 Å². The maximum Gasteiger partial charge on any atom is 0.339 e. The van der Waals surface area contributed by atoms with Gasteiger partial charge in [-0.1, -0.05) is 52.9 Å². The highest BCUT2D eigenvalue weighted by Gasteiger charge is 2.22. The first kappa shape index (κ1) is 17.6. The third-order valence-electron chi connectivity index (χ3n) is 4.59. The van der Waals surface area contributed by atoms with E-state index < -0.39 is 5.63 Å². The van der Waals surface area contributed by atoms with Gasteiger partial charge in [0.2, 0.25) is 0 Å². The van der Waals surface area contributed by atoms with Crippen molar-refractivity contribution in [3.05, 3.63) is 46.7 Å². The van der Waals surface area contributed by atoms with Crippen LogP contribution in [0.5, 0.6) is 5.75 Å². The Morgan fingerprint density at radius 3 is 2.52 bits per heavy atom. The molecular weight excluding hydrogens is 288 g/mol. The molecule has 23 heavy (non-hydrogen) atoms. The molecule has 2 aromatic rings. The average molecular weight is 315 g/mol. The summed E-state index contributed by atoms with van der Waals surface area (Å²) in [5, 5.41) is 10.8. The minimum Gasteiger partial charge on any atom is -0.507 e. The summed E-state index contributed by atoms with van der Waals surface area (Å²) >= 11 is 0. The Morgan fingerprint density at radius 2 is 1.83 bits per heavy atom. The van der Waals surface area contributed by atoms with Gasteiger partial charge in [-0.15, -0.1) is 0 Å². The maximum absolute atomic E-state index is 11.7. The van der Waals surface area contributed by atoms with Gasteiger partial charge in [-0.25, -0.2) is 4.79 Å². The monoisotopic (exact) mass is 315 g/mol. The number of benzene rings is 1. The predicted molar refractivity (Wildman–Crippen MR) is 95.0 cm³/mol. The smallest absolute Gasteiger partial charge is 0.339 e. The second kappa shape index (κ2) is 7.20. The minimum atomic E-state index is -0.452. The molecule has 0 atom stereocenters. The molecule has 1 aromatic carbocycles. The van der Waals surface area contributed by atoms with Crippen LogP contribution in [0.25, 0.3) is 11.0 Å². The van der Waals surface area contributed by atoms with E-state index in [0.717, 1.165) is 18.4 Å². The van der Waals surface area contributed by atoms with Crippen molar-refractivity contribution in [3.63, 3.8) is 0 Å². The molecule has 0 spiro atoms. The average Bonchev–Trinajstić information content (AvgIpc) is 2.49. The van der Waals surface area contributed by atoms with E-state index >= 15 is 0 Å². The lowest BCUT2D eigenvalue weighted by molar-refractivity contribution is 0.435. The van der Waals surface area contributed by atoms with Crippen LogP contribution in [0.1, 0.15) is 70.4 Å². The van der Waals surface area contributed by atoms with Crippen LogP contribution in [0.4, 0.5) is 0 Å². The van der Waals surface area contributed by atoms with E-state index in [1.807, 2.05) is 6.07 Å². The first-order chi connectivity index (χ1) is 10.8. The van der Waals surface area contributed by atoms with Crippen molar-refractivity contribution in [2.24, 2.45) is 0 Å². The summed E-state index contributed by atoms with van der Waals surface area (Å²) in [5.74, 6) is 0.144. The lowest BCUT2D eigenvalue weighted by Gasteiger charge is -2.26. The largest absolute Gasteiger partial charge is 0.507 e. The van der Waals surface area contributed by atoms with Crippen LogP contribution in [0.3, 0.4) is 0 Å². The summed E-state index contributed by atoms with van der Waals surface area (Å²) in [6, 6.07) is 5.24. The first-order valence-electron chi connectivity index (χ1n) is 8.48. The van der Waals surface area contributed by atoms with Crippen molar-refractivity contribution in [1.82, 2.24) is 0 Å². The van der Waals surface area contributed by atoms with E-state index in [1.165, 1.54) is 25.7 Å². The summed E-state index contributed by atoms with van der Waals surface area (Å²) in [6.45, 7) is 10.2. The van der Waals surface area contributed by atoms with Gasteiger partial charge >= 0.3 is 5.63 Å². The number of phenols is 1. The van der Waals surface area contributed by atoms with Gasteiger partial charge in [0.1, 0.15) is 11.3 Å². The molecule has 3 nitrogen and oxygen atoms in total. The lowest BCUT2D eigenvalue weighted by atomic mass is 9.79. The van der Waals surface area contributed by atoms with Gasteiger partial charge in [-0.3, -0.25) is 0 Å². The SMILES string of the molecule is [CH2]c1cc2c(O)cc(C(C)(C)CCCCCCC)cc2oc1=O. The molecule has 0 saturated carbocycles. The molecule has 0 unspecified atom stereocenters. The molecule has 0 bridgehead atoms. The van der Waals surface area contributed by atoms with Crippen LogP contribution in [0.15, 0.2) is 27.4 Å². The quantitative estimate of drug-likeness (QED) is 0.556. The fourth-order valence-electron chi connectivity index (χ4n) is 2.95. The van der Waals surface area contributed by atoms with E-state index in [2.05, 4.69) is 27.7 Å². The summed E-state index contributed by atoms with van der Waals surface area (Å²) in [7, 11) is 0. The number of unbranched alkanes of at least 4 members (excludes halogenated alkanes) is 4. The number of aromatic hydroxyl groups is 1. The first-order valence-corrected chi connectivity index (χ1v) is 8.48. The number of hydrogen-bond donors (Lipinski definition) is 1. The van der Waals surface area contributed by atoms with Gasteiger partial charge in [0, 0.05) is 5.56 Å². The van der Waals surface area contributed by atoms with E-state index in [4.69, 9.17) is 4.42 Å². The van der Waals surface area contributed by atoms with Crippen molar-refractivity contribution in [1.29, 1.82) is 0 Å². The number of fused-ring (bicyclic) bond motifs is 1. The Morgan fingerprint density at radius 1 is 1.13 bits per heavy atom. The molecular formula is C20H27O3. The molecule has 1 N–H and O–H groups in total. The van der Waals surface area contributed by atoms with Crippen LogP contribution < -0.4 is 5.63 Å². The van der Waals surface area contributed by atoms with Crippen molar-refractivity contribution in [2.75, 3.05) is 0 Å². The molecule has 2 rings (SSSR count). The summed E-state index contributed by atoms with van der Waals surface area (Å²) < 4.78 is 5.29. The van der Waals surface area contributed by atoms with Crippen molar-refractivity contribution in [2.45, 2.75) is 64.7 Å². The van der Waals surface area contributed by atoms with Gasteiger partial charge in [-0.05, 0) is 42.5 Å². The van der Waals surface area contributed by atoms with Gasteiger partial charge in [-0.2, -0.15) is 0 Å². The van der Waals surface area contributed by atoms with Gasteiger partial charge < -0.3 is 9.52 Å². The van der Waals surface area contributed by atoms with Crippen LogP contribution in [-0.2, 0) is 5.41 Å². The van der Waals surface area contributed by atoms with Crippen LogP contribution >= 0.6 is 0 Å². The Kier molecular flexibility index (Phi) is 5.51. The molecule has 0 saturated heterocycles. The zero-order valence-corrected chi connectivity index (χ0v) is 14.4. The van der Waals surface area contributed by atoms with Gasteiger partial charge in [0.05, 0.1) is 5.39 Å². The van der Waals surface area contributed by atoms with Crippen LogP contribution in [0, 0.1) is 6.92 Å². The number of phenolic OH excluding ortho intramolecular Hbond substituents is 1. The van der Waals surface area contributed by atoms with Crippen molar-refractivity contribution < 1.29 is 9.52 Å². The highest BCUT2D eigenvalue weighted by Crippen LogP contribution is 2.35. The molecule has 0 amide bonds.